The normalized spacial score (nSPS) is 13.3. The molecule has 0 aliphatic rings. The number of rotatable bonds is 6. The van der Waals surface area contributed by atoms with Crippen LogP contribution in [0.1, 0.15) is 43.1 Å². The Morgan fingerprint density at radius 1 is 1.19 bits per heavy atom. The number of benzene rings is 1. The van der Waals surface area contributed by atoms with E-state index in [1.807, 2.05) is 43.5 Å². The zero-order valence-corrected chi connectivity index (χ0v) is 17.6. The minimum atomic E-state index is -3.76. The monoisotopic (exact) mass is 403 g/mol. The highest BCUT2D eigenvalue weighted by Gasteiger charge is 2.20. The molecule has 1 unspecified atom stereocenters. The molecule has 5 nitrogen and oxygen atoms in total. The molecule has 3 aromatic rings. The molecule has 0 aliphatic heterocycles. The van der Waals surface area contributed by atoms with E-state index in [4.69, 9.17) is 5.14 Å². The highest BCUT2D eigenvalue weighted by atomic mass is 32.2. The summed E-state index contributed by atoms with van der Waals surface area (Å²) in [6.07, 6.45) is 4.59. The van der Waals surface area contributed by atoms with Crippen molar-refractivity contribution in [2.45, 2.75) is 44.4 Å². The topological polar surface area (TPSA) is 78.0 Å². The number of aromatic nitrogens is 2. The lowest BCUT2D eigenvalue weighted by atomic mass is 10.0. The van der Waals surface area contributed by atoms with Gasteiger partial charge in [-0.25, -0.2) is 18.5 Å². The minimum absolute atomic E-state index is 0.151. The van der Waals surface area contributed by atoms with E-state index < -0.39 is 10.0 Å². The van der Waals surface area contributed by atoms with E-state index in [2.05, 4.69) is 30.3 Å². The van der Waals surface area contributed by atoms with Crippen LogP contribution in [0.15, 0.2) is 46.9 Å². The Morgan fingerprint density at radius 3 is 2.37 bits per heavy atom. The number of nitrogens with two attached hydrogens (primary N) is 1. The fraction of sp³-hybridized carbons (Fsp3) is 0.350. The Balaban J connectivity index is 1.97. The lowest BCUT2D eigenvalue weighted by Gasteiger charge is -2.16. The molecule has 1 atom stereocenters. The smallest absolute Gasteiger partial charge is 0.248 e. The second kappa shape index (κ2) is 7.58. The minimum Gasteiger partial charge on any atom is -0.328 e. The van der Waals surface area contributed by atoms with Gasteiger partial charge in [0.05, 0.1) is 6.04 Å². The SMILES string of the molecule is Cc1nccn1C(C)c1ccc(-c2cc(CC(C)C)sc2S(N)(=O)=O)cc1. The van der Waals surface area contributed by atoms with Gasteiger partial charge in [-0.2, -0.15) is 0 Å². The zero-order chi connectivity index (χ0) is 19.8. The molecule has 2 N–H and O–H groups in total. The van der Waals surface area contributed by atoms with Gasteiger partial charge in [-0.15, -0.1) is 11.3 Å². The van der Waals surface area contributed by atoms with E-state index in [0.717, 1.165) is 28.2 Å². The molecule has 0 radical (unpaired) electrons. The molecular formula is C20H25N3O2S2. The summed E-state index contributed by atoms with van der Waals surface area (Å²) < 4.78 is 26.5. The van der Waals surface area contributed by atoms with Crippen molar-refractivity contribution >= 4 is 21.4 Å². The number of thiophene rings is 1. The summed E-state index contributed by atoms with van der Waals surface area (Å²) in [4.78, 5) is 5.31. The van der Waals surface area contributed by atoms with E-state index in [0.29, 0.717) is 11.5 Å². The average molecular weight is 404 g/mol. The number of hydrogen-bond acceptors (Lipinski definition) is 4. The van der Waals surface area contributed by atoms with Crippen LogP contribution in [-0.2, 0) is 16.4 Å². The van der Waals surface area contributed by atoms with Crippen molar-refractivity contribution in [2.75, 3.05) is 0 Å². The number of aryl methyl sites for hydroxylation is 1. The van der Waals surface area contributed by atoms with Gasteiger partial charge in [-0.05, 0) is 43.4 Å². The van der Waals surface area contributed by atoms with Gasteiger partial charge < -0.3 is 4.57 Å². The Hall–Kier alpha value is -1.96. The van der Waals surface area contributed by atoms with Crippen LogP contribution in [0.3, 0.4) is 0 Å². The summed E-state index contributed by atoms with van der Waals surface area (Å²) in [5.41, 5.74) is 2.69. The maximum Gasteiger partial charge on any atom is 0.248 e. The van der Waals surface area contributed by atoms with E-state index in [9.17, 15) is 8.42 Å². The quantitative estimate of drug-likeness (QED) is 0.663. The van der Waals surface area contributed by atoms with Crippen LogP contribution in [0.4, 0.5) is 0 Å². The van der Waals surface area contributed by atoms with Crippen LogP contribution >= 0.6 is 11.3 Å². The van der Waals surface area contributed by atoms with Crippen LogP contribution in [0.5, 0.6) is 0 Å². The van der Waals surface area contributed by atoms with E-state index in [-0.39, 0.29) is 10.3 Å². The van der Waals surface area contributed by atoms with E-state index in [1.54, 1.807) is 6.20 Å². The third-order valence-corrected chi connectivity index (χ3v) is 7.24. The lowest BCUT2D eigenvalue weighted by molar-refractivity contribution is 0.600. The summed E-state index contributed by atoms with van der Waals surface area (Å²) >= 11 is 1.27. The summed E-state index contributed by atoms with van der Waals surface area (Å²) in [6.45, 7) is 8.32. The number of nitrogens with zero attached hydrogens (tertiary/aromatic N) is 2. The number of imidazole rings is 1. The largest absolute Gasteiger partial charge is 0.328 e. The van der Waals surface area contributed by atoms with Crippen molar-refractivity contribution < 1.29 is 8.42 Å². The van der Waals surface area contributed by atoms with Crippen molar-refractivity contribution in [1.82, 2.24) is 9.55 Å². The molecule has 1 aromatic carbocycles. The van der Waals surface area contributed by atoms with Gasteiger partial charge in [-0.1, -0.05) is 38.1 Å². The van der Waals surface area contributed by atoms with E-state index >= 15 is 0 Å². The van der Waals surface area contributed by atoms with E-state index in [1.165, 1.54) is 11.3 Å². The van der Waals surface area contributed by atoms with Gasteiger partial charge in [0, 0.05) is 22.8 Å². The Labute approximate surface area is 164 Å². The molecule has 7 heteroatoms. The summed E-state index contributed by atoms with van der Waals surface area (Å²) in [5, 5.41) is 5.47. The third kappa shape index (κ3) is 4.31. The number of hydrogen-bond donors (Lipinski definition) is 1. The summed E-state index contributed by atoms with van der Waals surface area (Å²) in [7, 11) is -3.76. The number of primary sulfonamides is 1. The van der Waals surface area contributed by atoms with Gasteiger partial charge in [-0.3, -0.25) is 0 Å². The molecule has 27 heavy (non-hydrogen) atoms. The second-order valence-electron chi connectivity index (χ2n) is 7.24. The average Bonchev–Trinajstić information content (AvgIpc) is 3.20. The first-order chi connectivity index (χ1) is 12.7. The summed E-state index contributed by atoms with van der Waals surface area (Å²) in [5.74, 6) is 1.41. The predicted octanol–water partition coefficient (Wildman–Crippen LogP) is 4.38. The van der Waals surface area contributed by atoms with Crippen molar-refractivity contribution in [3.63, 3.8) is 0 Å². The Morgan fingerprint density at radius 2 is 1.85 bits per heavy atom. The van der Waals surface area contributed by atoms with Crippen molar-refractivity contribution in [3.05, 3.63) is 59.0 Å². The molecule has 3 rings (SSSR count). The van der Waals surface area contributed by atoms with Crippen LogP contribution < -0.4 is 5.14 Å². The van der Waals surface area contributed by atoms with Gasteiger partial charge >= 0.3 is 0 Å². The van der Waals surface area contributed by atoms with Gasteiger partial charge in [0.25, 0.3) is 0 Å². The standard InChI is InChI=1S/C20H25N3O2S2/c1-13(2)11-18-12-19(20(26-18)27(21,24)25)17-7-5-16(6-8-17)14(3)23-10-9-22-15(23)4/h5-10,12-14H,11H2,1-4H3,(H2,21,24,25). The Kier molecular flexibility index (Phi) is 5.55. The maximum absolute atomic E-state index is 12.1. The Bertz CT molecular complexity index is 1030. The molecule has 0 aliphatic carbocycles. The fourth-order valence-electron chi connectivity index (χ4n) is 3.24. The number of sulfonamides is 1. The molecule has 0 saturated carbocycles. The van der Waals surface area contributed by atoms with Crippen molar-refractivity contribution in [3.8, 4) is 11.1 Å². The lowest BCUT2D eigenvalue weighted by Crippen LogP contribution is -2.11. The predicted molar refractivity (Wildman–Crippen MR) is 110 cm³/mol. The zero-order valence-electron chi connectivity index (χ0n) is 16.0. The van der Waals surface area contributed by atoms with Crippen LogP contribution in [-0.4, -0.2) is 18.0 Å². The second-order valence-corrected chi connectivity index (χ2v) is 10.1. The van der Waals surface area contributed by atoms with Crippen LogP contribution in [0, 0.1) is 12.8 Å². The summed E-state index contributed by atoms with van der Waals surface area (Å²) in [6, 6.07) is 10.1. The highest BCUT2D eigenvalue weighted by Crippen LogP contribution is 2.36. The third-order valence-electron chi connectivity index (χ3n) is 4.60. The molecule has 2 heterocycles. The molecule has 0 fully saturated rings. The highest BCUT2D eigenvalue weighted by molar-refractivity contribution is 7.91. The first-order valence-electron chi connectivity index (χ1n) is 8.92. The fourth-order valence-corrected chi connectivity index (χ4v) is 5.62. The first kappa shape index (κ1) is 19.8. The van der Waals surface area contributed by atoms with Gasteiger partial charge in [0.15, 0.2) is 0 Å². The van der Waals surface area contributed by atoms with Gasteiger partial charge in [0.2, 0.25) is 10.0 Å². The van der Waals surface area contributed by atoms with Crippen LogP contribution in [0.25, 0.3) is 11.1 Å². The molecule has 0 saturated heterocycles. The molecule has 144 valence electrons. The molecule has 0 amide bonds. The van der Waals surface area contributed by atoms with Crippen LogP contribution in [0.2, 0.25) is 0 Å². The van der Waals surface area contributed by atoms with Crippen molar-refractivity contribution in [1.29, 1.82) is 0 Å². The molecular weight excluding hydrogens is 378 g/mol. The first-order valence-corrected chi connectivity index (χ1v) is 11.3. The molecule has 0 spiro atoms. The molecule has 2 aromatic heterocycles. The van der Waals surface area contributed by atoms with Gasteiger partial charge in [0.1, 0.15) is 10.0 Å². The molecule has 0 bridgehead atoms. The van der Waals surface area contributed by atoms with Crippen molar-refractivity contribution in [2.24, 2.45) is 11.1 Å². The maximum atomic E-state index is 12.1.